The number of hydrogen-bond donors (Lipinski definition) is 2. The SMILES string of the molecule is CC(C)C(CN1CCC[C@H]1C(=O)N1CCCC1C(=O)O)N(C)C(=O)C(NC(=O)C1CCCCN1C)C(C)(C)C. The molecule has 3 aliphatic heterocycles. The molecule has 0 aliphatic carbocycles. The highest BCUT2D eigenvalue weighted by molar-refractivity contribution is 5.90. The molecule has 5 atom stereocenters. The van der Waals surface area contributed by atoms with Crippen molar-refractivity contribution in [2.75, 3.05) is 40.3 Å². The summed E-state index contributed by atoms with van der Waals surface area (Å²) < 4.78 is 0. The Labute approximate surface area is 234 Å². The fourth-order valence-electron chi connectivity index (χ4n) is 6.48. The molecule has 39 heavy (non-hydrogen) atoms. The first-order valence-corrected chi connectivity index (χ1v) is 14.8. The Hall–Kier alpha value is -2.20. The lowest BCUT2D eigenvalue weighted by atomic mass is 9.84. The molecule has 10 heteroatoms. The molecule has 0 spiro atoms. The minimum Gasteiger partial charge on any atom is -0.480 e. The third-order valence-corrected chi connectivity index (χ3v) is 8.98. The lowest BCUT2D eigenvalue weighted by Crippen LogP contribution is -2.61. The summed E-state index contributed by atoms with van der Waals surface area (Å²) in [5, 5.41) is 12.7. The minimum absolute atomic E-state index is 0.0937. The number of likely N-dealkylation sites (tertiary alicyclic amines) is 3. The molecule has 0 aromatic rings. The molecule has 3 fully saturated rings. The highest BCUT2D eigenvalue weighted by Crippen LogP contribution is 2.28. The number of carboxylic acid groups (broad SMARTS) is 1. The molecular formula is C29H51N5O5. The zero-order valence-electron chi connectivity index (χ0n) is 25.1. The number of nitrogens with one attached hydrogen (secondary N) is 1. The first-order valence-electron chi connectivity index (χ1n) is 14.8. The maximum atomic E-state index is 14.0. The van der Waals surface area contributed by atoms with Crippen molar-refractivity contribution in [2.45, 2.75) is 110 Å². The average molecular weight is 550 g/mol. The topological polar surface area (TPSA) is 113 Å². The van der Waals surface area contributed by atoms with Crippen LogP contribution in [0.4, 0.5) is 0 Å². The molecular weight excluding hydrogens is 498 g/mol. The summed E-state index contributed by atoms with van der Waals surface area (Å²) in [5.41, 5.74) is -0.483. The molecule has 0 radical (unpaired) electrons. The van der Waals surface area contributed by atoms with Gasteiger partial charge in [0.2, 0.25) is 17.7 Å². The third-order valence-electron chi connectivity index (χ3n) is 8.98. The maximum Gasteiger partial charge on any atom is 0.326 e. The van der Waals surface area contributed by atoms with E-state index in [1.807, 2.05) is 27.8 Å². The van der Waals surface area contributed by atoms with Crippen molar-refractivity contribution in [1.82, 2.24) is 24.9 Å². The Morgan fingerprint density at radius 1 is 0.923 bits per heavy atom. The number of carbonyl (C=O) groups is 4. The number of piperidine rings is 1. The number of rotatable bonds is 9. The van der Waals surface area contributed by atoms with Gasteiger partial charge in [-0.05, 0) is 70.0 Å². The van der Waals surface area contributed by atoms with E-state index in [0.29, 0.717) is 32.4 Å². The van der Waals surface area contributed by atoms with Crippen molar-refractivity contribution in [3.05, 3.63) is 0 Å². The summed E-state index contributed by atoms with van der Waals surface area (Å²) in [7, 11) is 3.77. The summed E-state index contributed by atoms with van der Waals surface area (Å²) in [5.74, 6) is -1.14. The summed E-state index contributed by atoms with van der Waals surface area (Å²) in [4.78, 5) is 59.9. The molecule has 0 aromatic heterocycles. The van der Waals surface area contributed by atoms with Crippen LogP contribution < -0.4 is 5.32 Å². The van der Waals surface area contributed by atoms with E-state index in [1.165, 1.54) is 4.90 Å². The molecule has 3 heterocycles. The van der Waals surface area contributed by atoms with Crippen LogP contribution in [-0.2, 0) is 19.2 Å². The number of carboxylic acids is 1. The van der Waals surface area contributed by atoms with Crippen LogP contribution in [0, 0.1) is 11.3 Å². The molecule has 4 unspecified atom stereocenters. The number of likely N-dealkylation sites (N-methyl/N-ethyl adjacent to an activating group) is 2. The van der Waals surface area contributed by atoms with E-state index in [0.717, 1.165) is 38.8 Å². The fourth-order valence-corrected chi connectivity index (χ4v) is 6.48. The van der Waals surface area contributed by atoms with Crippen molar-refractivity contribution < 1.29 is 24.3 Å². The van der Waals surface area contributed by atoms with Crippen LogP contribution >= 0.6 is 0 Å². The van der Waals surface area contributed by atoms with Crippen LogP contribution in [0.15, 0.2) is 0 Å². The normalized spacial score (nSPS) is 26.5. The van der Waals surface area contributed by atoms with Gasteiger partial charge in [-0.3, -0.25) is 24.2 Å². The number of aliphatic carboxylic acids is 1. The van der Waals surface area contributed by atoms with Crippen LogP contribution in [0.3, 0.4) is 0 Å². The number of hydrogen-bond acceptors (Lipinski definition) is 6. The predicted molar refractivity (Wildman–Crippen MR) is 150 cm³/mol. The quantitative estimate of drug-likeness (QED) is 0.452. The molecule has 0 saturated carbocycles. The van der Waals surface area contributed by atoms with Gasteiger partial charge in [-0.1, -0.05) is 41.0 Å². The van der Waals surface area contributed by atoms with Gasteiger partial charge in [-0.2, -0.15) is 0 Å². The summed E-state index contributed by atoms with van der Waals surface area (Å²) in [6, 6.07) is -2.18. The first kappa shape index (κ1) is 31.3. The van der Waals surface area contributed by atoms with E-state index in [2.05, 4.69) is 29.0 Å². The lowest BCUT2D eigenvalue weighted by molar-refractivity contribution is -0.150. The molecule has 0 bridgehead atoms. The number of nitrogens with zero attached hydrogens (tertiary/aromatic N) is 4. The molecule has 3 amide bonds. The zero-order valence-corrected chi connectivity index (χ0v) is 25.1. The van der Waals surface area contributed by atoms with Gasteiger partial charge in [0, 0.05) is 26.2 Å². The second-order valence-corrected chi connectivity index (χ2v) is 13.2. The molecule has 3 aliphatic rings. The zero-order chi connectivity index (χ0) is 29.1. The third kappa shape index (κ3) is 7.31. The van der Waals surface area contributed by atoms with Gasteiger partial charge in [-0.25, -0.2) is 4.79 Å². The Bertz CT molecular complexity index is 903. The Balaban J connectivity index is 1.74. The van der Waals surface area contributed by atoms with Crippen molar-refractivity contribution in [3.63, 3.8) is 0 Å². The van der Waals surface area contributed by atoms with Crippen LogP contribution in [0.2, 0.25) is 0 Å². The summed E-state index contributed by atoms with van der Waals surface area (Å²) in [6.45, 7) is 12.7. The van der Waals surface area contributed by atoms with Crippen molar-refractivity contribution >= 4 is 23.7 Å². The molecule has 0 aromatic carbocycles. The standard InChI is InChI=1S/C29H51N5O5/c1-19(2)23(18-33-16-10-13-21(33)26(36)34-17-11-14-22(34)28(38)39)32(7)27(37)24(29(3,4)5)30-25(35)20-12-8-9-15-31(20)6/h19-24H,8-18H2,1-7H3,(H,30,35)(H,38,39)/t20?,21-,22?,23?,24?/m0/s1. The van der Waals surface area contributed by atoms with E-state index in [1.54, 1.807) is 11.9 Å². The molecule has 10 nitrogen and oxygen atoms in total. The minimum atomic E-state index is -0.939. The van der Waals surface area contributed by atoms with Gasteiger partial charge < -0.3 is 20.2 Å². The summed E-state index contributed by atoms with van der Waals surface area (Å²) in [6.07, 6.45) is 5.64. The second kappa shape index (κ2) is 13.0. The predicted octanol–water partition coefficient (Wildman–Crippen LogP) is 2.02. The maximum absolute atomic E-state index is 14.0. The van der Waals surface area contributed by atoms with Crippen LogP contribution in [0.1, 0.15) is 79.6 Å². The number of carbonyl (C=O) groups excluding carboxylic acids is 3. The second-order valence-electron chi connectivity index (χ2n) is 13.2. The highest BCUT2D eigenvalue weighted by Gasteiger charge is 2.43. The molecule has 3 rings (SSSR count). The van der Waals surface area contributed by atoms with E-state index >= 15 is 0 Å². The van der Waals surface area contributed by atoms with E-state index < -0.39 is 23.5 Å². The fraction of sp³-hybridized carbons (Fsp3) is 0.862. The molecule has 222 valence electrons. The van der Waals surface area contributed by atoms with Gasteiger partial charge >= 0.3 is 5.97 Å². The average Bonchev–Trinajstić information content (AvgIpc) is 3.54. The summed E-state index contributed by atoms with van der Waals surface area (Å²) >= 11 is 0. The highest BCUT2D eigenvalue weighted by atomic mass is 16.4. The van der Waals surface area contributed by atoms with Crippen molar-refractivity contribution in [1.29, 1.82) is 0 Å². The Kier molecular flexibility index (Phi) is 10.4. The van der Waals surface area contributed by atoms with Crippen LogP contribution in [0.5, 0.6) is 0 Å². The van der Waals surface area contributed by atoms with Gasteiger partial charge in [0.1, 0.15) is 12.1 Å². The van der Waals surface area contributed by atoms with Gasteiger partial charge in [0.05, 0.1) is 12.1 Å². The smallest absolute Gasteiger partial charge is 0.326 e. The Morgan fingerprint density at radius 3 is 2.13 bits per heavy atom. The largest absolute Gasteiger partial charge is 0.480 e. The first-order chi connectivity index (χ1) is 18.2. The van der Waals surface area contributed by atoms with Crippen molar-refractivity contribution in [2.24, 2.45) is 11.3 Å². The number of amides is 3. The van der Waals surface area contributed by atoms with Gasteiger partial charge in [-0.15, -0.1) is 0 Å². The molecule has 2 N–H and O–H groups in total. The van der Waals surface area contributed by atoms with Gasteiger partial charge in [0.15, 0.2) is 0 Å². The monoisotopic (exact) mass is 549 g/mol. The van der Waals surface area contributed by atoms with Crippen LogP contribution in [0.25, 0.3) is 0 Å². The van der Waals surface area contributed by atoms with E-state index in [9.17, 15) is 24.3 Å². The Morgan fingerprint density at radius 2 is 1.54 bits per heavy atom. The van der Waals surface area contributed by atoms with Crippen LogP contribution in [-0.4, -0.2) is 119 Å². The van der Waals surface area contributed by atoms with Gasteiger partial charge in [0.25, 0.3) is 0 Å². The van der Waals surface area contributed by atoms with E-state index in [-0.39, 0.29) is 41.8 Å². The van der Waals surface area contributed by atoms with E-state index in [4.69, 9.17) is 0 Å². The van der Waals surface area contributed by atoms with Crippen molar-refractivity contribution in [3.8, 4) is 0 Å². The molecule has 3 saturated heterocycles. The lowest BCUT2D eigenvalue weighted by Gasteiger charge is -2.41.